The van der Waals surface area contributed by atoms with Crippen LogP contribution in [0.1, 0.15) is 63.1 Å². The first kappa shape index (κ1) is 16.5. The van der Waals surface area contributed by atoms with Gasteiger partial charge < -0.3 is 9.80 Å². The van der Waals surface area contributed by atoms with E-state index < -0.39 is 0 Å². The molecule has 0 aromatic carbocycles. The summed E-state index contributed by atoms with van der Waals surface area (Å²) in [5.74, 6) is 0. The molecule has 0 spiro atoms. The number of likely N-dealkylation sites (N-methyl/N-ethyl adjacent to an activating group) is 1. The maximum Gasteiger partial charge on any atom is 0.210 e. The summed E-state index contributed by atoms with van der Waals surface area (Å²) in [6.45, 7) is 1.49. The molecule has 128 valence electrons. The van der Waals surface area contributed by atoms with Crippen LogP contribution in [0, 0.1) is 0 Å². The Kier molecular flexibility index (Phi) is 5.05. The summed E-state index contributed by atoms with van der Waals surface area (Å²) in [4.78, 5) is 16.0. The number of amides is 1. The van der Waals surface area contributed by atoms with E-state index in [0.717, 1.165) is 13.0 Å². The van der Waals surface area contributed by atoms with E-state index in [1.807, 2.05) is 11.1 Å². The highest BCUT2D eigenvalue weighted by molar-refractivity contribution is 5.47. The standard InChI is InChI=1S/C18H30N4O/c1-20(2)18(10-4-3-5-11-18)14-21(15-23)13-17-9-12-19-22(17)16-7-6-8-16/h9,12,15-16H,3-8,10-11,13-14H2,1-2H3. The second-order valence-electron chi connectivity index (χ2n) is 7.54. The van der Waals surface area contributed by atoms with Crippen LogP contribution >= 0.6 is 0 Å². The summed E-state index contributed by atoms with van der Waals surface area (Å²) < 4.78 is 2.14. The quantitative estimate of drug-likeness (QED) is 0.726. The highest BCUT2D eigenvalue weighted by Crippen LogP contribution is 2.34. The van der Waals surface area contributed by atoms with E-state index >= 15 is 0 Å². The van der Waals surface area contributed by atoms with Crippen LogP contribution in [0.2, 0.25) is 0 Å². The van der Waals surface area contributed by atoms with Crippen molar-refractivity contribution in [1.29, 1.82) is 0 Å². The normalized spacial score (nSPS) is 21.2. The molecule has 2 fully saturated rings. The molecule has 5 heteroatoms. The van der Waals surface area contributed by atoms with E-state index in [1.54, 1.807) is 0 Å². The summed E-state index contributed by atoms with van der Waals surface area (Å²) in [5.41, 5.74) is 1.31. The maximum absolute atomic E-state index is 11.7. The van der Waals surface area contributed by atoms with Crippen LogP contribution in [0.3, 0.4) is 0 Å². The average molecular weight is 318 g/mol. The van der Waals surface area contributed by atoms with Crippen molar-refractivity contribution < 1.29 is 4.79 Å². The van der Waals surface area contributed by atoms with E-state index in [2.05, 4.69) is 34.8 Å². The van der Waals surface area contributed by atoms with Gasteiger partial charge in [-0.05, 0) is 52.3 Å². The van der Waals surface area contributed by atoms with E-state index in [9.17, 15) is 4.79 Å². The molecule has 23 heavy (non-hydrogen) atoms. The predicted molar refractivity (Wildman–Crippen MR) is 91.1 cm³/mol. The largest absolute Gasteiger partial charge is 0.338 e. The minimum absolute atomic E-state index is 0.139. The number of aromatic nitrogens is 2. The third kappa shape index (κ3) is 3.44. The maximum atomic E-state index is 11.7. The zero-order chi connectivity index (χ0) is 16.3. The molecule has 3 rings (SSSR count). The molecular weight excluding hydrogens is 288 g/mol. The Morgan fingerprint density at radius 2 is 2.00 bits per heavy atom. The van der Waals surface area contributed by atoms with Gasteiger partial charge in [-0.15, -0.1) is 0 Å². The lowest BCUT2D eigenvalue weighted by atomic mass is 9.80. The Morgan fingerprint density at radius 3 is 2.57 bits per heavy atom. The SMILES string of the molecule is CN(C)C1(CN(C=O)Cc2ccnn2C2CCC2)CCCCC1. The van der Waals surface area contributed by atoms with E-state index in [0.29, 0.717) is 12.6 Å². The number of carbonyl (C=O) groups excluding carboxylic acids is 1. The topological polar surface area (TPSA) is 41.4 Å². The molecule has 0 atom stereocenters. The van der Waals surface area contributed by atoms with Gasteiger partial charge in [0.25, 0.3) is 0 Å². The van der Waals surface area contributed by atoms with E-state index in [4.69, 9.17) is 0 Å². The van der Waals surface area contributed by atoms with Crippen molar-refractivity contribution >= 4 is 6.41 Å². The van der Waals surface area contributed by atoms with Crippen molar-refractivity contribution in [3.8, 4) is 0 Å². The highest BCUT2D eigenvalue weighted by Gasteiger charge is 2.36. The molecule has 0 saturated heterocycles. The van der Waals surface area contributed by atoms with Crippen LogP contribution < -0.4 is 0 Å². The fourth-order valence-corrected chi connectivity index (χ4v) is 4.10. The first-order valence-electron chi connectivity index (χ1n) is 9.04. The Morgan fingerprint density at radius 1 is 1.26 bits per heavy atom. The molecule has 1 aromatic heterocycles. The monoisotopic (exact) mass is 318 g/mol. The van der Waals surface area contributed by atoms with Gasteiger partial charge in [-0.2, -0.15) is 5.10 Å². The zero-order valence-corrected chi connectivity index (χ0v) is 14.6. The third-order valence-corrected chi connectivity index (χ3v) is 5.92. The molecule has 1 amide bonds. The van der Waals surface area contributed by atoms with Gasteiger partial charge in [-0.3, -0.25) is 9.48 Å². The van der Waals surface area contributed by atoms with Gasteiger partial charge >= 0.3 is 0 Å². The molecule has 2 saturated carbocycles. The summed E-state index contributed by atoms with van der Waals surface area (Å²) in [6.07, 6.45) is 12.9. The lowest BCUT2D eigenvalue weighted by Crippen LogP contribution is -2.53. The Bertz CT molecular complexity index is 515. The summed E-state index contributed by atoms with van der Waals surface area (Å²) in [7, 11) is 4.32. The smallest absolute Gasteiger partial charge is 0.210 e. The minimum atomic E-state index is 0.139. The summed E-state index contributed by atoms with van der Waals surface area (Å²) >= 11 is 0. The fourth-order valence-electron chi connectivity index (χ4n) is 4.10. The van der Waals surface area contributed by atoms with Crippen molar-refractivity contribution in [3.63, 3.8) is 0 Å². The van der Waals surface area contributed by atoms with E-state index in [1.165, 1.54) is 57.1 Å². The molecule has 0 unspecified atom stereocenters. The van der Waals surface area contributed by atoms with Crippen LogP contribution in [-0.4, -0.2) is 52.2 Å². The molecule has 1 heterocycles. The molecule has 0 radical (unpaired) electrons. The molecule has 0 N–H and O–H groups in total. The molecular formula is C18H30N4O. The van der Waals surface area contributed by atoms with Gasteiger partial charge in [0.2, 0.25) is 6.41 Å². The summed E-state index contributed by atoms with van der Waals surface area (Å²) in [6, 6.07) is 2.61. The molecule has 2 aliphatic carbocycles. The minimum Gasteiger partial charge on any atom is -0.338 e. The Hall–Kier alpha value is -1.36. The number of carbonyl (C=O) groups is 1. The Labute approximate surface area is 139 Å². The lowest BCUT2D eigenvalue weighted by molar-refractivity contribution is -0.121. The van der Waals surface area contributed by atoms with Gasteiger partial charge in [-0.1, -0.05) is 19.3 Å². The molecule has 0 aliphatic heterocycles. The second kappa shape index (κ2) is 7.04. The van der Waals surface area contributed by atoms with Crippen LogP contribution in [0.5, 0.6) is 0 Å². The molecule has 2 aliphatic rings. The lowest BCUT2D eigenvalue weighted by Gasteiger charge is -2.45. The molecule has 1 aromatic rings. The van der Waals surface area contributed by atoms with Crippen LogP contribution in [0.15, 0.2) is 12.3 Å². The van der Waals surface area contributed by atoms with E-state index in [-0.39, 0.29) is 5.54 Å². The zero-order valence-electron chi connectivity index (χ0n) is 14.6. The third-order valence-electron chi connectivity index (χ3n) is 5.92. The first-order valence-corrected chi connectivity index (χ1v) is 9.04. The van der Waals surface area contributed by atoms with Gasteiger partial charge in [0.1, 0.15) is 0 Å². The fraction of sp³-hybridized carbons (Fsp3) is 0.778. The molecule has 5 nitrogen and oxygen atoms in total. The number of rotatable bonds is 7. The van der Waals surface area contributed by atoms with Crippen molar-refractivity contribution in [2.45, 2.75) is 69.5 Å². The first-order chi connectivity index (χ1) is 11.1. The van der Waals surface area contributed by atoms with Gasteiger partial charge in [0, 0.05) is 18.3 Å². The van der Waals surface area contributed by atoms with Gasteiger partial charge in [0.05, 0.1) is 18.3 Å². The molecule has 0 bridgehead atoms. The van der Waals surface area contributed by atoms with Crippen molar-refractivity contribution in [2.75, 3.05) is 20.6 Å². The van der Waals surface area contributed by atoms with Crippen molar-refractivity contribution in [3.05, 3.63) is 18.0 Å². The summed E-state index contributed by atoms with van der Waals surface area (Å²) in [5, 5.41) is 4.49. The van der Waals surface area contributed by atoms with Crippen LogP contribution in [0.25, 0.3) is 0 Å². The Balaban J connectivity index is 1.70. The van der Waals surface area contributed by atoms with Gasteiger partial charge in [-0.25, -0.2) is 0 Å². The number of nitrogens with zero attached hydrogens (tertiary/aromatic N) is 4. The van der Waals surface area contributed by atoms with Crippen molar-refractivity contribution in [2.24, 2.45) is 0 Å². The number of hydrogen-bond acceptors (Lipinski definition) is 3. The second-order valence-corrected chi connectivity index (χ2v) is 7.54. The van der Waals surface area contributed by atoms with Crippen LogP contribution in [0.4, 0.5) is 0 Å². The van der Waals surface area contributed by atoms with Crippen LogP contribution in [-0.2, 0) is 11.3 Å². The van der Waals surface area contributed by atoms with Crippen molar-refractivity contribution in [1.82, 2.24) is 19.6 Å². The van der Waals surface area contributed by atoms with Gasteiger partial charge in [0.15, 0.2) is 0 Å². The number of hydrogen-bond donors (Lipinski definition) is 0. The predicted octanol–water partition coefficient (Wildman–Crippen LogP) is 2.83. The average Bonchev–Trinajstić information content (AvgIpc) is 2.93. The highest BCUT2D eigenvalue weighted by atomic mass is 16.1.